The molecule has 1 aliphatic heterocycles. The summed E-state index contributed by atoms with van der Waals surface area (Å²) >= 11 is 0. The number of pyridine rings is 1. The van der Waals surface area contributed by atoms with Gasteiger partial charge in [0.25, 0.3) is 0 Å². The van der Waals surface area contributed by atoms with Gasteiger partial charge in [-0.2, -0.15) is 0 Å². The summed E-state index contributed by atoms with van der Waals surface area (Å²) in [5.74, 6) is 0.395. The zero-order valence-corrected chi connectivity index (χ0v) is 17.7. The van der Waals surface area contributed by atoms with E-state index in [4.69, 9.17) is 9.47 Å². The number of carbonyl (C=O) groups is 1. The maximum Gasteiger partial charge on any atom is 0.342 e. The van der Waals surface area contributed by atoms with Crippen molar-refractivity contribution in [1.82, 2.24) is 10.3 Å². The highest BCUT2D eigenvalue weighted by Gasteiger charge is 2.33. The van der Waals surface area contributed by atoms with Crippen molar-refractivity contribution in [2.45, 2.75) is 83.6 Å². The Morgan fingerprint density at radius 1 is 1.25 bits per heavy atom. The Bertz CT molecular complexity index is 658. The molecule has 1 saturated heterocycles. The zero-order valence-electron chi connectivity index (χ0n) is 17.7. The van der Waals surface area contributed by atoms with Crippen molar-refractivity contribution in [3.63, 3.8) is 0 Å². The first kappa shape index (κ1) is 21.1. The number of aromatic nitrogens is 1. The van der Waals surface area contributed by atoms with E-state index in [1.807, 2.05) is 33.0 Å². The van der Waals surface area contributed by atoms with Crippen LogP contribution in [0.2, 0.25) is 0 Å². The molecule has 1 unspecified atom stereocenters. The topological polar surface area (TPSA) is 63.7 Å². The second-order valence-electron chi connectivity index (χ2n) is 8.45. The minimum atomic E-state index is -0.308. The molecule has 1 N–H and O–H groups in total. The Balaban J connectivity index is 1.72. The third-order valence-corrected chi connectivity index (χ3v) is 5.78. The molecule has 1 aliphatic carbocycles. The highest BCUT2D eigenvalue weighted by atomic mass is 16.5. The Morgan fingerprint density at radius 3 is 2.68 bits per heavy atom. The molecule has 6 heteroatoms. The first-order chi connectivity index (χ1) is 13.5. The van der Waals surface area contributed by atoms with Crippen LogP contribution >= 0.6 is 0 Å². The van der Waals surface area contributed by atoms with Crippen molar-refractivity contribution in [3.05, 3.63) is 23.4 Å². The normalized spacial score (nSPS) is 23.8. The maximum atomic E-state index is 12.6. The average Bonchev–Trinajstić information content (AvgIpc) is 2.68. The second kappa shape index (κ2) is 9.70. The molecule has 0 bridgehead atoms. The number of rotatable bonds is 6. The van der Waals surface area contributed by atoms with Gasteiger partial charge < -0.3 is 19.7 Å². The third-order valence-electron chi connectivity index (χ3n) is 5.78. The molecule has 0 radical (unpaired) electrons. The van der Waals surface area contributed by atoms with Crippen LogP contribution in [0.25, 0.3) is 0 Å². The highest BCUT2D eigenvalue weighted by Crippen LogP contribution is 2.26. The molecule has 1 saturated carbocycles. The molecule has 2 aliphatic rings. The van der Waals surface area contributed by atoms with Gasteiger partial charge in [-0.3, -0.25) is 0 Å². The van der Waals surface area contributed by atoms with Crippen LogP contribution in [0.5, 0.6) is 0 Å². The fourth-order valence-electron chi connectivity index (χ4n) is 4.35. The van der Waals surface area contributed by atoms with Crippen LogP contribution in [0.4, 0.5) is 5.82 Å². The Morgan fingerprint density at radius 2 is 2.00 bits per heavy atom. The second-order valence-corrected chi connectivity index (χ2v) is 8.45. The molecule has 28 heavy (non-hydrogen) atoms. The summed E-state index contributed by atoms with van der Waals surface area (Å²) < 4.78 is 11.3. The van der Waals surface area contributed by atoms with Crippen molar-refractivity contribution >= 4 is 11.8 Å². The number of aryl methyl sites for hydroxylation is 1. The van der Waals surface area contributed by atoms with Gasteiger partial charge in [0.05, 0.1) is 12.2 Å². The van der Waals surface area contributed by atoms with Crippen LogP contribution in [-0.4, -0.2) is 55.4 Å². The monoisotopic (exact) mass is 389 g/mol. The summed E-state index contributed by atoms with van der Waals surface area (Å²) in [7, 11) is 1.78. The van der Waals surface area contributed by atoms with Crippen LogP contribution in [0.3, 0.4) is 0 Å². The standard InChI is InChI=1S/C22H35N3O3/c1-15(2)28-22(26)18-12-16(3)13-23-21(18)25-11-10-19(20(14-25)27-4)24-17-8-6-5-7-9-17/h12-13,15,17,19-20,24H,5-11,14H2,1-4H3/t19?,20-/m0/s1. The van der Waals surface area contributed by atoms with Crippen molar-refractivity contribution in [2.75, 3.05) is 25.1 Å². The number of hydrogen-bond donors (Lipinski definition) is 1. The smallest absolute Gasteiger partial charge is 0.342 e. The minimum Gasteiger partial charge on any atom is -0.459 e. The van der Waals surface area contributed by atoms with Crippen molar-refractivity contribution in [2.24, 2.45) is 0 Å². The summed E-state index contributed by atoms with van der Waals surface area (Å²) in [6.07, 6.45) is 9.25. The summed E-state index contributed by atoms with van der Waals surface area (Å²) in [4.78, 5) is 19.4. The highest BCUT2D eigenvalue weighted by molar-refractivity contribution is 5.95. The molecular formula is C22H35N3O3. The van der Waals surface area contributed by atoms with E-state index in [0.717, 1.165) is 25.1 Å². The van der Waals surface area contributed by atoms with E-state index >= 15 is 0 Å². The number of nitrogens with zero attached hydrogens (tertiary/aromatic N) is 2. The van der Waals surface area contributed by atoms with E-state index in [0.29, 0.717) is 23.5 Å². The van der Waals surface area contributed by atoms with Crippen LogP contribution in [0, 0.1) is 6.92 Å². The lowest BCUT2D eigenvalue weighted by Crippen LogP contribution is -2.56. The molecule has 2 heterocycles. The lowest BCUT2D eigenvalue weighted by Gasteiger charge is -2.41. The van der Waals surface area contributed by atoms with Gasteiger partial charge in [0.1, 0.15) is 11.4 Å². The molecule has 1 aromatic rings. The van der Waals surface area contributed by atoms with E-state index in [9.17, 15) is 4.79 Å². The number of nitrogens with one attached hydrogen (secondary N) is 1. The fraction of sp³-hybridized carbons (Fsp3) is 0.727. The molecule has 2 fully saturated rings. The van der Waals surface area contributed by atoms with Gasteiger partial charge in [-0.1, -0.05) is 19.3 Å². The molecular weight excluding hydrogens is 354 g/mol. The first-order valence-corrected chi connectivity index (χ1v) is 10.7. The van der Waals surface area contributed by atoms with Gasteiger partial charge in [-0.05, 0) is 51.7 Å². The Hall–Kier alpha value is -1.66. The molecule has 2 atom stereocenters. The average molecular weight is 390 g/mol. The molecule has 3 rings (SSSR count). The summed E-state index contributed by atoms with van der Waals surface area (Å²) in [5.41, 5.74) is 1.50. The quantitative estimate of drug-likeness (QED) is 0.752. The van der Waals surface area contributed by atoms with Gasteiger partial charge in [0, 0.05) is 38.5 Å². The number of hydrogen-bond acceptors (Lipinski definition) is 6. The Kier molecular flexibility index (Phi) is 7.30. The number of esters is 1. The summed E-state index contributed by atoms with van der Waals surface area (Å²) in [6.45, 7) is 7.25. The molecule has 6 nitrogen and oxygen atoms in total. The third kappa shape index (κ3) is 5.23. The predicted molar refractivity (Wildman–Crippen MR) is 111 cm³/mol. The minimum absolute atomic E-state index is 0.0766. The van der Waals surface area contributed by atoms with Gasteiger partial charge in [-0.15, -0.1) is 0 Å². The fourth-order valence-corrected chi connectivity index (χ4v) is 4.35. The van der Waals surface area contributed by atoms with Gasteiger partial charge in [0.15, 0.2) is 0 Å². The van der Waals surface area contributed by atoms with Crippen LogP contribution in [-0.2, 0) is 9.47 Å². The summed E-state index contributed by atoms with van der Waals surface area (Å²) in [6, 6.07) is 2.83. The van der Waals surface area contributed by atoms with Gasteiger partial charge in [0.2, 0.25) is 0 Å². The molecule has 1 aromatic heterocycles. The molecule has 0 spiro atoms. The number of carbonyl (C=O) groups excluding carboxylic acids is 1. The lowest BCUT2D eigenvalue weighted by atomic mass is 9.92. The Labute approximate surface area is 169 Å². The molecule has 156 valence electrons. The van der Waals surface area contributed by atoms with Crippen molar-refractivity contribution in [3.8, 4) is 0 Å². The van der Waals surface area contributed by atoms with Gasteiger partial charge in [-0.25, -0.2) is 9.78 Å². The van der Waals surface area contributed by atoms with Crippen LogP contribution in [0.15, 0.2) is 12.3 Å². The van der Waals surface area contributed by atoms with E-state index in [2.05, 4.69) is 15.2 Å². The number of methoxy groups -OCH3 is 1. The van der Waals surface area contributed by atoms with E-state index in [-0.39, 0.29) is 18.2 Å². The SMILES string of the molecule is CO[C@H]1CN(c2ncc(C)cc2C(=O)OC(C)C)CCC1NC1CCCCC1. The van der Waals surface area contributed by atoms with Crippen molar-refractivity contribution < 1.29 is 14.3 Å². The first-order valence-electron chi connectivity index (χ1n) is 10.7. The number of anilines is 1. The molecule has 0 amide bonds. The summed E-state index contributed by atoms with van der Waals surface area (Å²) in [5, 5.41) is 3.84. The van der Waals surface area contributed by atoms with Crippen LogP contribution in [0.1, 0.15) is 68.3 Å². The van der Waals surface area contributed by atoms with E-state index in [1.165, 1.54) is 32.1 Å². The zero-order chi connectivity index (χ0) is 20.1. The van der Waals surface area contributed by atoms with Gasteiger partial charge >= 0.3 is 5.97 Å². The van der Waals surface area contributed by atoms with Crippen molar-refractivity contribution in [1.29, 1.82) is 0 Å². The number of piperidine rings is 1. The number of ether oxygens (including phenoxy) is 2. The van der Waals surface area contributed by atoms with Crippen LogP contribution < -0.4 is 10.2 Å². The maximum absolute atomic E-state index is 12.6. The van der Waals surface area contributed by atoms with E-state index in [1.54, 1.807) is 7.11 Å². The largest absolute Gasteiger partial charge is 0.459 e. The molecule has 0 aromatic carbocycles. The predicted octanol–water partition coefficient (Wildman–Crippen LogP) is 3.47. The van der Waals surface area contributed by atoms with E-state index < -0.39 is 0 Å². The lowest BCUT2D eigenvalue weighted by molar-refractivity contribution is 0.0375.